The van der Waals surface area contributed by atoms with Gasteiger partial charge in [-0.1, -0.05) is 39.3 Å². The highest BCUT2D eigenvalue weighted by atomic mass is 28.4. The molecule has 0 bridgehead atoms. The zero-order valence-electron chi connectivity index (χ0n) is 18.9. The fourth-order valence-electron chi connectivity index (χ4n) is 3.50. The molecule has 0 saturated carbocycles. The molecule has 0 aliphatic rings. The van der Waals surface area contributed by atoms with E-state index in [-0.39, 0.29) is 0 Å². The quantitative estimate of drug-likeness (QED) is 0.263. The van der Waals surface area contributed by atoms with Crippen molar-refractivity contribution >= 4 is 25.3 Å². The lowest BCUT2D eigenvalue weighted by atomic mass is 10.4. The van der Waals surface area contributed by atoms with Crippen molar-refractivity contribution in [3.05, 3.63) is 0 Å². The topological polar surface area (TPSA) is 40.2 Å². The Morgan fingerprint density at radius 3 is 1.46 bits per heavy atom. The predicted molar refractivity (Wildman–Crippen MR) is 119 cm³/mol. The number of nitrogens with zero attached hydrogens (tertiary/aromatic N) is 1. The summed E-state index contributed by atoms with van der Waals surface area (Å²) in [6.07, 6.45) is 2.04. The van der Waals surface area contributed by atoms with Crippen LogP contribution in [0.25, 0.3) is 0 Å². The van der Waals surface area contributed by atoms with Gasteiger partial charge in [-0.15, -0.1) is 0 Å². The van der Waals surface area contributed by atoms with E-state index in [1.165, 1.54) is 6.54 Å². The molecule has 26 heavy (non-hydrogen) atoms. The van der Waals surface area contributed by atoms with Gasteiger partial charge >= 0.3 is 8.80 Å². The maximum atomic E-state index is 5.90. The van der Waals surface area contributed by atoms with E-state index in [0.29, 0.717) is 19.8 Å². The highest BCUT2D eigenvalue weighted by molar-refractivity contribution is 6.89. The largest absolute Gasteiger partial charge is 0.501 e. The predicted octanol–water partition coefficient (Wildman–Crippen LogP) is 4.80. The van der Waals surface area contributed by atoms with Crippen molar-refractivity contribution < 1.29 is 18.0 Å². The van der Waals surface area contributed by atoms with E-state index in [2.05, 4.69) is 43.5 Å². The minimum absolute atomic E-state index is 0.635. The van der Waals surface area contributed by atoms with Crippen LogP contribution in [0.15, 0.2) is 0 Å². The third-order valence-corrected chi connectivity index (χ3v) is 15.0. The maximum absolute atomic E-state index is 5.90. The zero-order chi connectivity index (χ0) is 20.3. The van der Waals surface area contributed by atoms with E-state index in [4.69, 9.17) is 18.0 Å². The van der Waals surface area contributed by atoms with Gasteiger partial charge in [0, 0.05) is 39.1 Å². The lowest BCUT2D eigenvalue weighted by Gasteiger charge is -2.43. The summed E-state index contributed by atoms with van der Waals surface area (Å²) in [5.41, 5.74) is 0. The number of ether oxygens (including phenoxy) is 1. The van der Waals surface area contributed by atoms with Gasteiger partial charge < -0.3 is 22.2 Å². The molecule has 0 spiro atoms. The van der Waals surface area contributed by atoms with Gasteiger partial charge in [0.15, 0.2) is 0 Å². The number of rotatable bonds is 16. The summed E-state index contributed by atoms with van der Waals surface area (Å²) in [4.78, 5) is 0. The van der Waals surface area contributed by atoms with E-state index in [1.807, 2.05) is 20.8 Å². The SMILES string of the molecule is CCO[Si](CCCOCCCN([Si](C)(C)C)[Si](C)(C)C)(OCC)OCC. The van der Waals surface area contributed by atoms with Gasteiger partial charge in [0.1, 0.15) is 16.5 Å². The van der Waals surface area contributed by atoms with Gasteiger partial charge in [-0.25, -0.2) is 0 Å². The molecule has 0 aliphatic heterocycles. The van der Waals surface area contributed by atoms with Crippen molar-refractivity contribution in [3.8, 4) is 0 Å². The normalized spacial score (nSPS) is 13.6. The second kappa shape index (κ2) is 12.8. The van der Waals surface area contributed by atoms with Crippen LogP contribution in [-0.4, -0.2) is 69.1 Å². The molecule has 0 aromatic carbocycles. The van der Waals surface area contributed by atoms with Crippen LogP contribution in [-0.2, 0) is 18.0 Å². The summed E-state index contributed by atoms with van der Waals surface area (Å²) >= 11 is 0. The Balaban J connectivity index is 4.21. The number of hydrogen-bond acceptors (Lipinski definition) is 5. The Bertz CT molecular complexity index is 328. The summed E-state index contributed by atoms with van der Waals surface area (Å²) in [5.74, 6) is 0. The first kappa shape index (κ1) is 26.5. The molecule has 0 amide bonds. The van der Waals surface area contributed by atoms with E-state index in [0.717, 1.165) is 32.1 Å². The molecule has 0 fully saturated rings. The average molecular weight is 424 g/mol. The molecule has 158 valence electrons. The Labute approximate surface area is 166 Å². The Morgan fingerprint density at radius 1 is 0.654 bits per heavy atom. The molecule has 0 atom stereocenters. The van der Waals surface area contributed by atoms with Crippen molar-refractivity contribution in [2.45, 2.75) is 78.9 Å². The first-order chi connectivity index (χ1) is 12.0. The van der Waals surface area contributed by atoms with Crippen molar-refractivity contribution in [3.63, 3.8) is 0 Å². The molecule has 0 saturated heterocycles. The van der Waals surface area contributed by atoms with E-state index < -0.39 is 25.3 Å². The van der Waals surface area contributed by atoms with Gasteiger partial charge in [-0.3, -0.25) is 0 Å². The Hall–Kier alpha value is 0.451. The van der Waals surface area contributed by atoms with Gasteiger partial charge in [0.2, 0.25) is 0 Å². The van der Waals surface area contributed by atoms with E-state index in [1.54, 1.807) is 0 Å². The van der Waals surface area contributed by atoms with Crippen LogP contribution in [0.2, 0.25) is 45.3 Å². The highest BCUT2D eigenvalue weighted by Gasteiger charge is 2.39. The highest BCUT2D eigenvalue weighted by Crippen LogP contribution is 2.20. The fourth-order valence-corrected chi connectivity index (χ4v) is 15.8. The summed E-state index contributed by atoms with van der Waals surface area (Å²) in [6, 6.07) is 0.832. The summed E-state index contributed by atoms with van der Waals surface area (Å²) in [7, 11) is -5.02. The Morgan fingerprint density at radius 2 is 1.08 bits per heavy atom. The fraction of sp³-hybridized carbons (Fsp3) is 1.00. The van der Waals surface area contributed by atoms with Crippen LogP contribution in [0.1, 0.15) is 33.6 Å². The molecule has 0 rings (SSSR count). The molecular formula is C18H45NO4Si3. The van der Waals surface area contributed by atoms with Gasteiger partial charge in [-0.2, -0.15) is 0 Å². The first-order valence-corrected chi connectivity index (χ1v) is 19.1. The van der Waals surface area contributed by atoms with Crippen molar-refractivity contribution in [2.75, 3.05) is 39.6 Å². The average Bonchev–Trinajstić information content (AvgIpc) is 2.48. The minimum atomic E-state index is -2.51. The maximum Gasteiger partial charge on any atom is 0.501 e. The number of hydrogen-bond donors (Lipinski definition) is 0. The molecule has 0 aliphatic carbocycles. The molecule has 0 N–H and O–H groups in total. The van der Waals surface area contributed by atoms with Gasteiger partial charge in [-0.05, 0) is 40.2 Å². The van der Waals surface area contributed by atoms with Crippen LogP contribution in [0.3, 0.4) is 0 Å². The third kappa shape index (κ3) is 10.7. The molecule has 0 unspecified atom stereocenters. The molecule has 0 aromatic heterocycles. The van der Waals surface area contributed by atoms with E-state index >= 15 is 0 Å². The summed E-state index contributed by atoms with van der Waals surface area (Å²) in [6.45, 7) is 25.4. The second-order valence-electron chi connectivity index (χ2n) is 8.54. The summed E-state index contributed by atoms with van der Waals surface area (Å²) in [5, 5.41) is 0. The minimum Gasteiger partial charge on any atom is -0.381 e. The molecule has 8 heteroatoms. The van der Waals surface area contributed by atoms with Crippen LogP contribution in [0.4, 0.5) is 0 Å². The second-order valence-corrected chi connectivity index (χ2v) is 21.5. The lowest BCUT2D eigenvalue weighted by Crippen LogP contribution is -2.59. The van der Waals surface area contributed by atoms with E-state index in [9.17, 15) is 0 Å². The molecule has 0 radical (unpaired) electrons. The van der Waals surface area contributed by atoms with Gasteiger partial charge in [0.25, 0.3) is 0 Å². The standard InChI is InChI=1S/C18H45NO4Si3/c1-10-21-26(22-11-2,23-12-3)18-14-17-20-16-13-15-19(24(4,5)6)25(7,8)9/h10-18H2,1-9H3. The Kier molecular flexibility index (Phi) is 13.0. The van der Waals surface area contributed by atoms with Gasteiger partial charge in [0.05, 0.1) is 0 Å². The van der Waals surface area contributed by atoms with Crippen LogP contribution in [0, 0.1) is 0 Å². The zero-order valence-corrected chi connectivity index (χ0v) is 21.9. The molecule has 5 nitrogen and oxygen atoms in total. The van der Waals surface area contributed by atoms with Crippen LogP contribution < -0.4 is 0 Å². The first-order valence-electron chi connectivity index (χ1n) is 10.3. The van der Waals surface area contributed by atoms with Crippen molar-refractivity contribution in [2.24, 2.45) is 0 Å². The van der Waals surface area contributed by atoms with Crippen molar-refractivity contribution in [1.29, 1.82) is 0 Å². The monoisotopic (exact) mass is 423 g/mol. The van der Waals surface area contributed by atoms with Crippen LogP contribution in [0.5, 0.6) is 0 Å². The summed E-state index contributed by atoms with van der Waals surface area (Å²) < 4.78 is 26.4. The third-order valence-electron chi connectivity index (χ3n) is 4.15. The van der Waals surface area contributed by atoms with Crippen LogP contribution >= 0.6 is 0 Å². The molecule has 0 heterocycles. The lowest BCUT2D eigenvalue weighted by molar-refractivity contribution is 0.0657. The smallest absolute Gasteiger partial charge is 0.381 e. The molecular weight excluding hydrogens is 378 g/mol. The molecule has 0 aromatic rings. The van der Waals surface area contributed by atoms with Crippen molar-refractivity contribution in [1.82, 2.24) is 4.23 Å².